The molecule has 3 heterocycles. The minimum atomic E-state index is 0. The normalized spacial score (nSPS) is 9.41. The van der Waals surface area contributed by atoms with Crippen LogP contribution < -0.4 is 0 Å². The van der Waals surface area contributed by atoms with E-state index in [9.17, 15) is 0 Å². The number of hydrogen-bond donors (Lipinski definition) is 0. The third-order valence-corrected chi connectivity index (χ3v) is 5.20. The van der Waals surface area contributed by atoms with E-state index >= 15 is 0 Å². The molecule has 0 bridgehead atoms. The van der Waals surface area contributed by atoms with E-state index in [0.717, 1.165) is 33.8 Å². The molecule has 0 spiro atoms. The average molecular weight is 658 g/mol. The van der Waals surface area contributed by atoms with Crippen LogP contribution in [-0.4, -0.2) is 15.0 Å². The third kappa shape index (κ3) is 9.05. The van der Waals surface area contributed by atoms with Gasteiger partial charge in [-0.1, -0.05) is 109 Å². The molecule has 4 heteroatoms. The molecule has 3 aromatic carbocycles. The molecule has 0 fully saturated rings. The Balaban J connectivity index is 0.000000152. The van der Waals surface area contributed by atoms with Crippen molar-refractivity contribution in [2.45, 2.75) is 0 Å². The van der Waals surface area contributed by atoms with Crippen molar-refractivity contribution < 1.29 is 20.1 Å². The Bertz CT molecular complexity index is 1090. The first-order chi connectivity index (χ1) is 17.9. The van der Waals surface area contributed by atoms with Crippen LogP contribution in [0.5, 0.6) is 0 Å². The smallest absolute Gasteiger partial charge is 0.256 e. The monoisotopic (exact) mass is 658 g/mol. The summed E-state index contributed by atoms with van der Waals surface area (Å²) < 4.78 is 0. The van der Waals surface area contributed by atoms with Gasteiger partial charge in [0.05, 0.1) is 17.1 Å². The van der Waals surface area contributed by atoms with Gasteiger partial charge in [-0.15, -0.1) is 0 Å². The van der Waals surface area contributed by atoms with Gasteiger partial charge >= 0.3 is 20.1 Å². The van der Waals surface area contributed by atoms with Crippen LogP contribution in [0.4, 0.5) is 0 Å². The average Bonchev–Trinajstić information content (AvgIpc) is 3.01. The fourth-order valence-electron chi connectivity index (χ4n) is 3.43. The second-order valence-corrected chi connectivity index (χ2v) is 7.74. The summed E-state index contributed by atoms with van der Waals surface area (Å²) in [5, 5.41) is 0. The number of pyridine rings is 3. The SMILES string of the molecule is [Ir+2].c1ccc(-c2ccccn2)cc1.c1ccc(-c2ccccn2)cc1.c1ccc(-c2ccccn2)cc1. The van der Waals surface area contributed by atoms with E-state index in [2.05, 4.69) is 51.4 Å². The summed E-state index contributed by atoms with van der Waals surface area (Å²) in [5.41, 5.74) is 6.57. The van der Waals surface area contributed by atoms with Crippen molar-refractivity contribution in [1.82, 2.24) is 15.0 Å². The van der Waals surface area contributed by atoms with Crippen LogP contribution in [0.3, 0.4) is 0 Å². The molecule has 181 valence electrons. The molecule has 3 aromatic heterocycles. The van der Waals surface area contributed by atoms with Crippen LogP contribution >= 0.6 is 0 Å². The first kappa shape index (κ1) is 27.3. The zero-order chi connectivity index (χ0) is 24.7. The van der Waals surface area contributed by atoms with Gasteiger partial charge in [-0.25, -0.2) is 0 Å². The molecule has 0 N–H and O–H groups in total. The summed E-state index contributed by atoms with van der Waals surface area (Å²) >= 11 is 0. The zero-order valence-electron chi connectivity index (χ0n) is 20.3. The van der Waals surface area contributed by atoms with E-state index in [0.29, 0.717) is 0 Å². The maximum Gasteiger partial charge on any atom is 2.00 e. The van der Waals surface area contributed by atoms with E-state index in [-0.39, 0.29) is 20.1 Å². The molecule has 0 amide bonds. The van der Waals surface area contributed by atoms with E-state index in [1.54, 1.807) is 0 Å². The molecule has 0 saturated heterocycles. The van der Waals surface area contributed by atoms with Crippen LogP contribution in [-0.2, 0) is 20.1 Å². The van der Waals surface area contributed by atoms with E-state index in [1.807, 2.05) is 128 Å². The first-order valence-corrected chi connectivity index (χ1v) is 11.8. The Morgan fingerprint density at radius 3 is 0.730 bits per heavy atom. The molecule has 0 aliphatic heterocycles. The second kappa shape index (κ2) is 15.7. The molecule has 0 unspecified atom stereocenters. The Morgan fingerprint density at radius 2 is 0.514 bits per heavy atom. The quantitative estimate of drug-likeness (QED) is 0.193. The Labute approximate surface area is 232 Å². The van der Waals surface area contributed by atoms with Crippen molar-refractivity contribution >= 4 is 0 Å². The molecule has 6 aromatic rings. The number of hydrogen-bond acceptors (Lipinski definition) is 3. The topological polar surface area (TPSA) is 38.7 Å². The predicted octanol–water partition coefficient (Wildman–Crippen LogP) is 8.24. The van der Waals surface area contributed by atoms with Gasteiger partial charge in [-0.2, -0.15) is 0 Å². The fourth-order valence-corrected chi connectivity index (χ4v) is 3.43. The summed E-state index contributed by atoms with van der Waals surface area (Å²) in [5.74, 6) is 0. The van der Waals surface area contributed by atoms with Crippen LogP contribution in [0.25, 0.3) is 33.8 Å². The van der Waals surface area contributed by atoms with Crippen molar-refractivity contribution in [1.29, 1.82) is 0 Å². The summed E-state index contributed by atoms with van der Waals surface area (Å²) in [6.07, 6.45) is 5.42. The van der Waals surface area contributed by atoms with Gasteiger partial charge in [-0.3, -0.25) is 15.0 Å². The minimum absolute atomic E-state index is 0. The second-order valence-electron chi connectivity index (χ2n) is 7.74. The van der Waals surface area contributed by atoms with Crippen LogP contribution in [0.2, 0.25) is 0 Å². The summed E-state index contributed by atoms with van der Waals surface area (Å²) in [7, 11) is 0. The summed E-state index contributed by atoms with van der Waals surface area (Å²) in [4.78, 5) is 12.7. The fraction of sp³-hybridized carbons (Fsp3) is 0. The number of rotatable bonds is 3. The van der Waals surface area contributed by atoms with Gasteiger partial charge in [0.25, 0.3) is 0 Å². The van der Waals surface area contributed by atoms with E-state index in [4.69, 9.17) is 0 Å². The minimum Gasteiger partial charge on any atom is -0.256 e. The molecule has 6 rings (SSSR count). The molecule has 0 atom stereocenters. The van der Waals surface area contributed by atoms with Crippen LogP contribution in [0.1, 0.15) is 0 Å². The number of nitrogens with zero attached hydrogens (tertiary/aromatic N) is 3. The van der Waals surface area contributed by atoms with Crippen LogP contribution in [0, 0.1) is 0 Å². The van der Waals surface area contributed by atoms with Gasteiger partial charge in [-0.05, 0) is 36.4 Å². The number of aromatic nitrogens is 3. The molecule has 37 heavy (non-hydrogen) atoms. The molecular formula is C33H27IrN3+2. The molecule has 0 aliphatic rings. The van der Waals surface area contributed by atoms with Crippen molar-refractivity contribution in [3.05, 3.63) is 164 Å². The molecule has 1 radical (unpaired) electrons. The summed E-state index contributed by atoms with van der Waals surface area (Å²) in [6, 6.07) is 48.3. The Kier molecular flexibility index (Phi) is 11.6. The van der Waals surface area contributed by atoms with Crippen molar-refractivity contribution in [3.8, 4) is 33.8 Å². The van der Waals surface area contributed by atoms with Crippen LogP contribution in [0.15, 0.2) is 164 Å². The van der Waals surface area contributed by atoms with Gasteiger partial charge < -0.3 is 0 Å². The predicted molar refractivity (Wildman–Crippen MR) is 149 cm³/mol. The summed E-state index contributed by atoms with van der Waals surface area (Å²) in [6.45, 7) is 0. The Morgan fingerprint density at radius 1 is 0.270 bits per heavy atom. The third-order valence-electron chi connectivity index (χ3n) is 5.20. The van der Waals surface area contributed by atoms with Crippen molar-refractivity contribution in [3.63, 3.8) is 0 Å². The first-order valence-electron chi connectivity index (χ1n) is 11.8. The maximum absolute atomic E-state index is 4.25. The van der Waals surface area contributed by atoms with Gasteiger partial charge in [0, 0.05) is 35.3 Å². The zero-order valence-corrected chi connectivity index (χ0v) is 22.7. The Hall–Kier alpha value is -4.24. The molecule has 0 saturated carbocycles. The molecule has 3 nitrogen and oxygen atoms in total. The van der Waals surface area contributed by atoms with Gasteiger partial charge in [0.2, 0.25) is 0 Å². The molecular weight excluding hydrogens is 631 g/mol. The standard InChI is InChI=1S/3C11H9N.Ir/c3*1-2-6-10(7-3-1)11-8-4-5-9-12-11;/h3*1-9H;/q;;;+2. The maximum atomic E-state index is 4.25. The van der Waals surface area contributed by atoms with Crippen molar-refractivity contribution in [2.24, 2.45) is 0 Å². The number of benzene rings is 3. The van der Waals surface area contributed by atoms with Crippen molar-refractivity contribution in [2.75, 3.05) is 0 Å². The van der Waals surface area contributed by atoms with E-state index < -0.39 is 0 Å². The van der Waals surface area contributed by atoms with Gasteiger partial charge in [0.1, 0.15) is 0 Å². The largest absolute Gasteiger partial charge is 2.00 e. The molecule has 0 aliphatic carbocycles. The van der Waals surface area contributed by atoms with E-state index in [1.165, 1.54) is 0 Å². The van der Waals surface area contributed by atoms with Gasteiger partial charge in [0.15, 0.2) is 0 Å².